The van der Waals surface area contributed by atoms with Gasteiger partial charge in [-0.05, 0) is 30.7 Å². The molecule has 5 atom stereocenters. The summed E-state index contributed by atoms with van der Waals surface area (Å²) < 4.78 is 11.8. The second kappa shape index (κ2) is 6.48. The molecule has 23 heavy (non-hydrogen) atoms. The summed E-state index contributed by atoms with van der Waals surface area (Å²) in [7, 11) is 0. The van der Waals surface area contributed by atoms with Crippen LogP contribution in [-0.4, -0.2) is 12.6 Å². The number of esters is 1. The SMILES string of the molecule is CCC(=O)Oc1ccccc1[C@H]1OC[C@@H]2[C@H](C)[C@@H]1C(C)=C[C@H]2C. The fourth-order valence-electron chi connectivity index (χ4n) is 4.23. The normalized spacial score (nSPS) is 33.0. The zero-order chi connectivity index (χ0) is 16.6. The van der Waals surface area contributed by atoms with Crippen molar-refractivity contribution in [1.82, 2.24) is 0 Å². The van der Waals surface area contributed by atoms with E-state index < -0.39 is 0 Å². The molecule has 0 spiro atoms. The summed E-state index contributed by atoms with van der Waals surface area (Å²) in [6.45, 7) is 9.39. The van der Waals surface area contributed by atoms with Gasteiger partial charge in [-0.25, -0.2) is 0 Å². The van der Waals surface area contributed by atoms with Gasteiger partial charge < -0.3 is 9.47 Å². The van der Waals surface area contributed by atoms with Crippen LogP contribution in [0.4, 0.5) is 0 Å². The number of carbonyl (C=O) groups is 1. The van der Waals surface area contributed by atoms with Gasteiger partial charge in [-0.2, -0.15) is 0 Å². The first-order valence-corrected chi connectivity index (χ1v) is 8.62. The lowest BCUT2D eigenvalue weighted by atomic mass is 9.64. The van der Waals surface area contributed by atoms with Gasteiger partial charge in [-0.15, -0.1) is 0 Å². The monoisotopic (exact) mass is 314 g/mol. The molecule has 0 aromatic heterocycles. The molecule has 3 nitrogen and oxygen atoms in total. The first-order valence-electron chi connectivity index (χ1n) is 8.62. The Labute approximate surface area is 138 Å². The van der Waals surface area contributed by atoms with Crippen LogP contribution in [0.15, 0.2) is 35.9 Å². The molecule has 3 heteroatoms. The fourth-order valence-corrected chi connectivity index (χ4v) is 4.23. The maximum Gasteiger partial charge on any atom is 0.310 e. The summed E-state index contributed by atoms with van der Waals surface area (Å²) in [5.41, 5.74) is 2.38. The fraction of sp³-hybridized carbons (Fsp3) is 0.550. The Morgan fingerprint density at radius 2 is 2.04 bits per heavy atom. The maximum absolute atomic E-state index is 11.7. The number of carbonyl (C=O) groups excluding carboxylic acids is 1. The Hall–Kier alpha value is -1.61. The van der Waals surface area contributed by atoms with Crippen molar-refractivity contribution in [2.45, 2.75) is 40.2 Å². The van der Waals surface area contributed by atoms with E-state index in [1.165, 1.54) is 5.57 Å². The zero-order valence-corrected chi connectivity index (χ0v) is 14.4. The van der Waals surface area contributed by atoms with Crippen LogP contribution in [0, 0.1) is 23.7 Å². The van der Waals surface area contributed by atoms with Crippen molar-refractivity contribution >= 4 is 5.97 Å². The summed E-state index contributed by atoms with van der Waals surface area (Å²) in [5, 5.41) is 0. The van der Waals surface area contributed by atoms with Crippen LogP contribution in [0.3, 0.4) is 0 Å². The largest absolute Gasteiger partial charge is 0.426 e. The molecule has 1 saturated heterocycles. The molecule has 0 saturated carbocycles. The van der Waals surface area contributed by atoms with Crippen molar-refractivity contribution < 1.29 is 14.3 Å². The predicted molar refractivity (Wildman–Crippen MR) is 90.1 cm³/mol. The lowest BCUT2D eigenvalue weighted by Gasteiger charge is -2.47. The summed E-state index contributed by atoms with van der Waals surface area (Å²) in [5.74, 6) is 2.50. The lowest BCUT2D eigenvalue weighted by Crippen LogP contribution is -2.42. The molecule has 0 amide bonds. The average Bonchev–Trinajstić information content (AvgIpc) is 2.53. The molecule has 1 fully saturated rings. The third-order valence-corrected chi connectivity index (χ3v) is 5.50. The van der Waals surface area contributed by atoms with Crippen LogP contribution in [-0.2, 0) is 9.53 Å². The van der Waals surface area contributed by atoms with Gasteiger partial charge in [0.05, 0.1) is 12.7 Å². The number of rotatable bonds is 3. The van der Waals surface area contributed by atoms with E-state index in [1.54, 1.807) is 0 Å². The van der Waals surface area contributed by atoms with E-state index in [9.17, 15) is 4.79 Å². The van der Waals surface area contributed by atoms with Gasteiger partial charge in [0.2, 0.25) is 0 Å². The summed E-state index contributed by atoms with van der Waals surface area (Å²) in [4.78, 5) is 11.7. The average molecular weight is 314 g/mol. The van der Waals surface area contributed by atoms with E-state index in [0.717, 1.165) is 12.2 Å². The number of benzene rings is 1. The van der Waals surface area contributed by atoms with Crippen molar-refractivity contribution in [2.75, 3.05) is 6.61 Å². The van der Waals surface area contributed by atoms with Crippen LogP contribution in [0.25, 0.3) is 0 Å². The Balaban J connectivity index is 1.96. The molecular weight excluding hydrogens is 288 g/mol. The lowest BCUT2D eigenvalue weighted by molar-refractivity contribution is -0.134. The van der Waals surface area contributed by atoms with E-state index in [1.807, 2.05) is 31.2 Å². The van der Waals surface area contributed by atoms with Gasteiger partial charge in [0.15, 0.2) is 0 Å². The van der Waals surface area contributed by atoms with Crippen molar-refractivity contribution in [3.63, 3.8) is 0 Å². The van der Waals surface area contributed by atoms with E-state index in [0.29, 0.717) is 35.8 Å². The van der Waals surface area contributed by atoms with Gasteiger partial charge in [0.1, 0.15) is 5.75 Å². The Kier molecular flexibility index (Phi) is 4.58. The van der Waals surface area contributed by atoms with Gasteiger partial charge in [0, 0.05) is 17.9 Å². The Morgan fingerprint density at radius 3 is 2.78 bits per heavy atom. The maximum atomic E-state index is 11.7. The van der Waals surface area contributed by atoms with Crippen LogP contribution in [0.1, 0.15) is 45.8 Å². The third-order valence-electron chi connectivity index (χ3n) is 5.50. The molecule has 1 aromatic carbocycles. The highest BCUT2D eigenvalue weighted by atomic mass is 16.5. The predicted octanol–water partition coefficient (Wildman–Crippen LogP) is 4.54. The quantitative estimate of drug-likeness (QED) is 0.467. The third kappa shape index (κ3) is 2.94. The zero-order valence-electron chi connectivity index (χ0n) is 14.4. The molecule has 0 N–H and O–H groups in total. The first kappa shape index (κ1) is 16.3. The van der Waals surface area contributed by atoms with Gasteiger partial charge >= 0.3 is 5.97 Å². The van der Waals surface area contributed by atoms with Crippen molar-refractivity contribution in [2.24, 2.45) is 23.7 Å². The molecule has 2 bridgehead atoms. The standard InChI is InChI=1S/C20H26O3/c1-5-18(21)23-17-9-7-6-8-15(17)20-19-13(3)10-12(2)16(11-22-20)14(19)4/h6-10,12,14,16,19-20H,5,11H2,1-4H3/t12-,14+,16+,19+,20-/m1/s1. The number of hydrogen-bond donors (Lipinski definition) is 0. The van der Waals surface area contributed by atoms with Crippen molar-refractivity contribution in [1.29, 1.82) is 0 Å². The minimum atomic E-state index is -0.205. The second-order valence-electron chi connectivity index (χ2n) is 6.94. The van der Waals surface area contributed by atoms with Crippen LogP contribution in [0.5, 0.6) is 5.75 Å². The van der Waals surface area contributed by atoms with E-state index >= 15 is 0 Å². The summed E-state index contributed by atoms with van der Waals surface area (Å²) >= 11 is 0. The molecule has 124 valence electrons. The smallest absolute Gasteiger partial charge is 0.310 e. The molecule has 0 radical (unpaired) electrons. The highest BCUT2D eigenvalue weighted by Gasteiger charge is 2.44. The Morgan fingerprint density at radius 1 is 1.30 bits per heavy atom. The number of hydrogen-bond acceptors (Lipinski definition) is 3. The minimum Gasteiger partial charge on any atom is -0.426 e. The van der Waals surface area contributed by atoms with E-state index in [2.05, 4.69) is 26.8 Å². The molecule has 1 aromatic rings. The van der Waals surface area contributed by atoms with Gasteiger partial charge in [-0.1, -0.05) is 50.6 Å². The molecule has 3 rings (SSSR count). The van der Waals surface area contributed by atoms with Crippen LogP contribution < -0.4 is 4.74 Å². The number of ether oxygens (including phenoxy) is 2. The van der Waals surface area contributed by atoms with Gasteiger partial charge in [-0.3, -0.25) is 4.79 Å². The molecule has 2 aliphatic rings. The van der Waals surface area contributed by atoms with E-state index in [4.69, 9.17) is 9.47 Å². The summed E-state index contributed by atoms with van der Waals surface area (Å²) in [6, 6.07) is 7.79. The van der Waals surface area contributed by atoms with E-state index in [-0.39, 0.29) is 12.1 Å². The molecular formula is C20H26O3. The Bertz CT molecular complexity index is 619. The second-order valence-corrected chi connectivity index (χ2v) is 6.94. The number of fused-ring (bicyclic) bond motifs is 2. The number of allylic oxidation sites excluding steroid dienone is 1. The minimum absolute atomic E-state index is 0.0362. The van der Waals surface area contributed by atoms with Crippen molar-refractivity contribution in [3.05, 3.63) is 41.5 Å². The topological polar surface area (TPSA) is 35.5 Å². The molecule has 1 aliphatic heterocycles. The van der Waals surface area contributed by atoms with Gasteiger partial charge in [0.25, 0.3) is 0 Å². The summed E-state index contributed by atoms with van der Waals surface area (Å²) in [6.07, 6.45) is 2.73. The highest BCUT2D eigenvalue weighted by molar-refractivity contribution is 5.72. The highest BCUT2D eigenvalue weighted by Crippen LogP contribution is 2.50. The molecule has 1 heterocycles. The molecule has 1 aliphatic carbocycles. The van der Waals surface area contributed by atoms with Crippen LogP contribution in [0.2, 0.25) is 0 Å². The number of para-hydroxylation sites is 1. The van der Waals surface area contributed by atoms with Crippen molar-refractivity contribution in [3.8, 4) is 5.75 Å². The molecule has 0 unspecified atom stereocenters. The van der Waals surface area contributed by atoms with Crippen LogP contribution >= 0.6 is 0 Å². The first-order chi connectivity index (χ1) is 11.0.